The lowest BCUT2D eigenvalue weighted by atomic mass is 9.91. The van der Waals surface area contributed by atoms with Crippen LogP contribution in [0.4, 0.5) is 0 Å². The second-order valence-electron chi connectivity index (χ2n) is 8.25. The number of aliphatic hydroxyl groups excluding tert-OH is 1. The monoisotopic (exact) mass is 408 g/mol. The maximum atomic E-state index is 12.9. The van der Waals surface area contributed by atoms with Crippen LogP contribution >= 0.6 is 0 Å². The molecular weight excluding hydrogens is 380 g/mol. The lowest BCUT2D eigenvalue weighted by molar-refractivity contribution is -0.130. The van der Waals surface area contributed by atoms with Crippen molar-refractivity contribution in [3.8, 4) is 5.75 Å². The average molecular weight is 408 g/mol. The molecule has 2 heterocycles. The summed E-state index contributed by atoms with van der Waals surface area (Å²) < 4.78 is 5.84. The quantitative estimate of drug-likeness (QED) is 0.707. The van der Waals surface area contributed by atoms with E-state index in [1.54, 1.807) is 26.2 Å². The molecule has 2 aromatic rings. The van der Waals surface area contributed by atoms with Crippen LogP contribution in [-0.2, 0) is 16.1 Å². The zero-order valence-electron chi connectivity index (χ0n) is 17.8. The molecule has 0 fully saturated rings. The average Bonchev–Trinajstić information content (AvgIpc) is 2.97. The fourth-order valence-electron chi connectivity index (χ4n) is 3.45. The van der Waals surface area contributed by atoms with Crippen molar-refractivity contribution in [3.63, 3.8) is 0 Å². The van der Waals surface area contributed by atoms with Crippen LogP contribution < -0.4 is 4.74 Å². The zero-order chi connectivity index (χ0) is 21.8. The number of pyridine rings is 1. The molecule has 6 nitrogen and oxygen atoms in total. The van der Waals surface area contributed by atoms with Crippen LogP contribution in [-0.4, -0.2) is 33.3 Å². The molecule has 0 saturated heterocycles. The number of hydrogen-bond acceptors (Lipinski definition) is 5. The SMILES string of the molecule is CC(C)COc1cccc(C2C(C(=O)C(C)C)=C(O)C(=O)N2Cc2ccncc2)c1. The fraction of sp³-hybridized carbons (Fsp3) is 0.375. The lowest BCUT2D eigenvalue weighted by Gasteiger charge is -2.27. The Hall–Kier alpha value is -3.15. The number of carbonyl (C=O) groups is 2. The maximum Gasteiger partial charge on any atom is 0.290 e. The molecule has 1 aromatic heterocycles. The van der Waals surface area contributed by atoms with E-state index in [0.29, 0.717) is 18.3 Å². The summed E-state index contributed by atoms with van der Waals surface area (Å²) in [5.74, 6) is -0.571. The first-order valence-electron chi connectivity index (χ1n) is 10.2. The first-order chi connectivity index (χ1) is 14.3. The van der Waals surface area contributed by atoms with Gasteiger partial charge in [0.2, 0.25) is 0 Å². The molecule has 0 saturated carbocycles. The Morgan fingerprint density at radius 3 is 2.50 bits per heavy atom. The Kier molecular flexibility index (Phi) is 6.55. The second kappa shape index (κ2) is 9.11. The summed E-state index contributed by atoms with van der Waals surface area (Å²) in [4.78, 5) is 31.4. The van der Waals surface area contributed by atoms with E-state index in [-0.39, 0.29) is 23.8 Å². The molecule has 1 atom stereocenters. The Morgan fingerprint density at radius 2 is 1.87 bits per heavy atom. The van der Waals surface area contributed by atoms with Gasteiger partial charge in [0.15, 0.2) is 11.5 Å². The largest absolute Gasteiger partial charge is 0.503 e. The van der Waals surface area contributed by atoms with Gasteiger partial charge in [-0.05, 0) is 41.3 Å². The number of ether oxygens (including phenoxy) is 1. The highest BCUT2D eigenvalue weighted by Gasteiger charge is 2.44. The summed E-state index contributed by atoms with van der Waals surface area (Å²) in [6.07, 6.45) is 3.30. The van der Waals surface area contributed by atoms with Gasteiger partial charge >= 0.3 is 0 Å². The molecule has 6 heteroatoms. The molecule has 0 radical (unpaired) electrons. The molecule has 1 N–H and O–H groups in total. The van der Waals surface area contributed by atoms with Crippen LogP contribution in [0.1, 0.15) is 44.9 Å². The predicted molar refractivity (Wildman–Crippen MR) is 114 cm³/mol. The van der Waals surface area contributed by atoms with E-state index in [1.165, 1.54) is 4.90 Å². The summed E-state index contributed by atoms with van der Waals surface area (Å²) in [5.41, 5.74) is 1.73. The smallest absolute Gasteiger partial charge is 0.290 e. The fourth-order valence-corrected chi connectivity index (χ4v) is 3.45. The number of hydrogen-bond donors (Lipinski definition) is 1. The summed E-state index contributed by atoms with van der Waals surface area (Å²) in [6, 6.07) is 10.3. The number of carbonyl (C=O) groups excluding carboxylic acids is 2. The van der Waals surface area contributed by atoms with Crippen LogP contribution in [0, 0.1) is 11.8 Å². The minimum atomic E-state index is -0.678. The van der Waals surface area contributed by atoms with Gasteiger partial charge in [0, 0.05) is 24.9 Å². The van der Waals surface area contributed by atoms with Crippen LogP contribution in [0.15, 0.2) is 60.1 Å². The summed E-state index contributed by atoms with van der Waals surface area (Å²) >= 11 is 0. The van der Waals surface area contributed by atoms with Crippen LogP contribution in [0.2, 0.25) is 0 Å². The van der Waals surface area contributed by atoms with Gasteiger partial charge in [-0.15, -0.1) is 0 Å². The van der Waals surface area contributed by atoms with Gasteiger partial charge in [0.1, 0.15) is 5.75 Å². The third-order valence-corrected chi connectivity index (χ3v) is 4.95. The Morgan fingerprint density at radius 1 is 1.17 bits per heavy atom. The first-order valence-corrected chi connectivity index (χ1v) is 10.2. The van der Waals surface area contributed by atoms with Crippen molar-refractivity contribution in [2.75, 3.05) is 6.61 Å². The standard InChI is InChI=1S/C24H28N2O4/c1-15(2)14-30-19-7-5-6-18(12-19)21-20(22(27)16(3)4)23(28)24(29)26(21)13-17-8-10-25-11-9-17/h5-12,15-16,21,28H,13-14H2,1-4H3. The molecule has 0 bridgehead atoms. The van der Waals surface area contributed by atoms with E-state index < -0.39 is 17.7 Å². The molecule has 1 amide bonds. The van der Waals surface area contributed by atoms with E-state index in [9.17, 15) is 14.7 Å². The van der Waals surface area contributed by atoms with E-state index in [2.05, 4.69) is 18.8 Å². The number of aromatic nitrogens is 1. The summed E-state index contributed by atoms with van der Waals surface area (Å²) in [5, 5.41) is 10.6. The Balaban J connectivity index is 2.03. The van der Waals surface area contributed by atoms with Gasteiger partial charge in [-0.2, -0.15) is 0 Å². The zero-order valence-corrected chi connectivity index (χ0v) is 17.8. The van der Waals surface area contributed by atoms with Crippen molar-refractivity contribution in [2.24, 2.45) is 11.8 Å². The predicted octanol–water partition coefficient (Wildman–Crippen LogP) is 4.24. The number of amides is 1. The highest BCUT2D eigenvalue weighted by atomic mass is 16.5. The number of nitrogens with zero attached hydrogens (tertiary/aromatic N) is 2. The number of rotatable bonds is 8. The van der Waals surface area contributed by atoms with E-state index >= 15 is 0 Å². The van der Waals surface area contributed by atoms with Gasteiger partial charge in [-0.25, -0.2) is 0 Å². The second-order valence-corrected chi connectivity index (χ2v) is 8.25. The molecule has 30 heavy (non-hydrogen) atoms. The summed E-state index contributed by atoms with van der Waals surface area (Å²) in [7, 11) is 0. The maximum absolute atomic E-state index is 12.9. The highest BCUT2D eigenvalue weighted by molar-refractivity contribution is 6.09. The lowest BCUT2D eigenvalue weighted by Crippen LogP contribution is -2.31. The van der Waals surface area contributed by atoms with Gasteiger partial charge in [-0.1, -0.05) is 39.8 Å². The minimum Gasteiger partial charge on any atom is -0.503 e. The molecular formula is C24H28N2O4. The van der Waals surface area contributed by atoms with Crippen LogP contribution in [0.25, 0.3) is 0 Å². The number of ketones is 1. The van der Waals surface area contributed by atoms with Crippen molar-refractivity contribution >= 4 is 11.7 Å². The van der Waals surface area contributed by atoms with Gasteiger partial charge in [-0.3, -0.25) is 14.6 Å². The van der Waals surface area contributed by atoms with Crippen molar-refractivity contribution in [2.45, 2.75) is 40.3 Å². The van der Waals surface area contributed by atoms with Crippen molar-refractivity contribution < 1.29 is 19.4 Å². The molecule has 0 aliphatic carbocycles. The van der Waals surface area contributed by atoms with Crippen LogP contribution in [0.5, 0.6) is 5.75 Å². The van der Waals surface area contributed by atoms with Gasteiger partial charge in [0.25, 0.3) is 5.91 Å². The van der Waals surface area contributed by atoms with E-state index in [1.807, 2.05) is 36.4 Å². The third kappa shape index (κ3) is 4.53. The van der Waals surface area contributed by atoms with Crippen LogP contribution in [0.3, 0.4) is 0 Å². The normalized spacial score (nSPS) is 16.7. The number of benzene rings is 1. The minimum absolute atomic E-state index is 0.144. The molecule has 3 rings (SSSR count). The molecule has 158 valence electrons. The Bertz CT molecular complexity index is 951. The molecule has 1 aliphatic heterocycles. The topological polar surface area (TPSA) is 79.7 Å². The number of Topliss-reactive ketones (excluding diaryl/α,β-unsaturated/α-hetero) is 1. The Labute approximate surface area is 177 Å². The first kappa shape index (κ1) is 21.6. The van der Waals surface area contributed by atoms with Gasteiger partial charge in [0.05, 0.1) is 18.2 Å². The van der Waals surface area contributed by atoms with Crippen molar-refractivity contribution in [1.82, 2.24) is 9.88 Å². The molecule has 1 unspecified atom stereocenters. The van der Waals surface area contributed by atoms with E-state index in [4.69, 9.17) is 4.74 Å². The molecule has 1 aromatic carbocycles. The van der Waals surface area contributed by atoms with Crippen molar-refractivity contribution in [3.05, 3.63) is 71.3 Å². The molecule has 1 aliphatic rings. The highest BCUT2D eigenvalue weighted by Crippen LogP contribution is 2.40. The van der Waals surface area contributed by atoms with Crippen molar-refractivity contribution in [1.29, 1.82) is 0 Å². The van der Waals surface area contributed by atoms with E-state index in [0.717, 1.165) is 11.1 Å². The third-order valence-electron chi connectivity index (χ3n) is 4.95. The van der Waals surface area contributed by atoms with Gasteiger partial charge < -0.3 is 14.7 Å². The number of aliphatic hydroxyl groups is 1. The molecule has 0 spiro atoms. The summed E-state index contributed by atoms with van der Waals surface area (Å²) in [6.45, 7) is 8.47.